The van der Waals surface area contributed by atoms with Crippen molar-refractivity contribution in [2.24, 2.45) is 0 Å². The van der Waals surface area contributed by atoms with Crippen LogP contribution < -0.4 is 0 Å². The molecule has 1 saturated heterocycles. The molecule has 1 unspecified atom stereocenters. The maximum atomic E-state index is 11.7. The number of hydrogen-bond acceptors (Lipinski definition) is 3. The number of carbonyl (C=O) groups is 1. The predicted molar refractivity (Wildman–Crippen MR) is 99.3 cm³/mol. The van der Waals surface area contributed by atoms with Gasteiger partial charge in [0.25, 0.3) is 0 Å². The van der Waals surface area contributed by atoms with Crippen LogP contribution in [0.15, 0.2) is 42.1 Å². The van der Waals surface area contributed by atoms with Gasteiger partial charge in [-0.2, -0.15) is 0 Å². The quantitative estimate of drug-likeness (QED) is 0.614. The molecule has 0 aliphatic carbocycles. The van der Waals surface area contributed by atoms with Crippen LogP contribution in [0.1, 0.15) is 39.4 Å². The minimum atomic E-state index is -1.77. The van der Waals surface area contributed by atoms with Crippen molar-refractivity contribution < 1.29 is 14.0 Å². The third-order valence-electron chi connectivity index (χ3n) is 4.97. The van der Waals surface area contributed by atoms with E-state index in [0.29, 0.717) is 13.2 Å². The van der Waals surface area contributed by atoms with Crippen molar-refractivity contribution in [1.29, 1.82) is 0 Å². The van der Waals surface area contributed by atoms with Crippen LogP contribution in [-0.2, 0) is 9.16 Å². The second kappa shape index (κ2) is 8.49. The molecule has 0 spiro atoms. The Morgan fingerprint density at radius 3 is 2.38 bits per heavy atom. The summed E-state index contributed by atoms with van der Waals surface area (Å²) in [6.07, 6.45) is 1.52. The largest absolute Gasteiger partial charge is 0.447 e. The van der Waals surface area contributed by atoms with Crippen molar-refractivity contribution in [2.75, 3.05) is 13.2 Å². The lowest BCUT2D eigenvalue weighted by atomic mass is 10.0. The van der Waals surface area contributed by atoms with Crippen LogP contribution in [0.25, 0.3) is 0 Å². The molecular formula is C19H29NO3Si. The zero-order valence-electron chi connectivity index (χ0n) is 15.2. The van der Waals surface area contributed by atoms with E-state index in [0.717, 1.165) is 29.3 Å². The molecule has 1 fully saturated rings. The predicted octanol–water partition coefficient (Wildman–Crippen LogP) is 5.11. The van der Waals surface area contributed by atoms with Gasteiger partial charge in [-0.05, 0) is 36.2 Å². The van der Waals surface area contributed by atoms with Gasteiger partial charge in [0.2, 0.25) is 0 Å². The molecule has 4 nitrogen and oxygen atoms in total. The second-order valence-corrected chi connectivity index (χ2v) is 11.1. The number of amides is 1. The average Bonchev–Trinajstić information content (AvgIpc) is 3.02. The molecule has 1 aliphatic heterocycles. The number of cyclic esters (lactones) is 1. The monoisotopic (exact) mass is 347 g/mol. The number of ether oxygens (including phenoxy) is 1. The van der Waals surface area contributed by atoms with E-state index in [-0.39, 0.29) is 12.2 Å². The topological polar surface area (TPSA) is 38.8 Å². The van der Waals surface area contributed by atoms with E-state index < -0.39 is 8.32 Å². The van der Waals surface area contributed by atoms with Gasteiger partial charge in [0.1, 0.15) is 6.61 Å². The molecule has 24 heavy (non-hydrogen) atoms. The third kappa shape index (κ3) is 4.27. The maximum absolute atomic E-state index is 11.7. The van der Waals surface area contributed by atoms with Crippen molar-refractivity contribution in [1.82, 2.24) is 4.90 Å². The molecule has 1 atom stereocenters. The van der Waals surface area contributed by atoms with Gasteiger partial charge in [0.15, 0.2) is 8.32 Å². The van der Waals surface area contributed by atoms with Crippen LogP contribution in [0.3, 0.4) is 0 Å². The van der Waals surface area contributed by atoms with Crippen LogP contribution in [-0.4, -0.2) is 32.5 Å². The Morgan fingerprint density at radius 2 is 1.88 bits per heavy atom. The summed E-state index contributed by atoms with van der Waals surface area (Å²) < 4.78 is 11.8. The van der Waals surface area contributed by atoms with Crippen molar-refractivity contribution in [2.45, 2.75) is 51.9 Å². The van der Waals surface area contributed by atoms with Crippen LogP contribution in [0.2, 0.25) is 18.1 Å². The lowest BCUT2D eigenvalue weighted by molar-refractivity contribution is 0.165. The molecule has 1 heterocycles. The lowest BCUT2D eigenvalue weighted by Crippen LogP contribution is -2.37. The lowest BCUT2D eigenvalue weighted by Gasteiger charge is -2.34. The standard InChI is InChI=1S/C19H29NO3Si/c1-5-24(6-2,7-3)23-18(17-11-9-8-10-12-17)16(4)15-20-13-14-22-19(20)21/h8-12,15,18H,5-7,13-14H2,1-4H3/b16-15+. The first-order valence-electron chi connectivity index (χ1n) is 8.89. The van der Waals surface area contributed by atoms with E-state index in [1.165, 1.54) is 0 Å². The van der Waals surface area contributed by atoms with Crippen molar-refractivity contribution in [3.63, 3.8) is 0 Å². The number of hydrogen-bond donors (Lipinski definition) is 0. The molecule has 1 amide bonds. The summed E-state index contributed by atoms with van der Waals surface area (Å²) >= 11 is 0. The molecule has 5 heteroatoms. The zero-order chi connectivity index (χ0) is 17.6. The van der Waals surface area contributed by atoms with E-state index in [9.17, 15) is 4.79 Å². The highest BCUT2D eigenvalue weighted by Crippen LogP contribution is 2.34. The number of nitrogens with zero attached hydrogens (tertiary/aromatic N) is 1. The Labute approximate surface area is 146 Å². The molecule has 0 bridgehead atoms. The highest BCUT2D eigenvalue weighted by Gasteiger charge is 2.33. The Balaban J connectivity index is 2.32. The Morgan fingerprint density at radius 1 is 1.25 bits per heavy atom. The maximum Gasteiger partial charge on any atom is 0.413 e. The first-order chi connectivity index (χ1) is 11.5. The molecule has 0 radical (unpaired) electrons. The Bertz CT molecular complexity index is 561. The highest BCUT2D eigenvalue weighted by molar-refractivity contribution is 6.73. The van der Waals surface area contributed by atoms with E-state index in [4.69, 9.17) is 9.16 Å². The number of benzene rings is 1. The van der Waals surface area contributed by atoms with Gasteiger partial charge < -0.3 is 9.16 Å². The summed E-state index contributed by atoms with van der Waals surface area (Å²) in [6, 6.07) is 13.6. The summed E-state index contributed by atoms with van der Waals surface area (Å²) in [7, 11) is -1.77. The van der Waals surface area contributed by atoms with Gasteiger partial charge in [-0.15, -0.1) is 0 Å². The van der Waals surface area contributed by atoms with Crippen molar-refractivity contribution in [3.05, 3.63) is 47.7 Å². The average molecular weight is 348 g/mol. The van der Waals surface area contributed by atoms with Gasteiger partial charge in [0.05, 0.1) is 12.6 Å². The molecule has 0 saturated carbocycles. The van der Waals surface area contributed by atoms with E-state index in [1.54, 1.807) is 4.90 Å². The zero-order valence-corrected chi connectivity index (χ0v) is 16.2. The fourth-order valence-corrected chi connectivity index (χ4v) is 5.96. The molecule has 1 aromatic carbocycles. The second-order valence-electron chi connectivity index (χ2n) is 6.33. The van der Waals surface area contributed by atoms with E-state index >= 15 is 0 Å². The van der Waals surface area contributed by atoms with Crippen LogP contribution in [0.5, 0.6) is 0 Å². The Kier molecular flexibility index (Phi) is 6.63. The van der Waals surface area contributed by atoms with Crippen LogP contribution in [0.4, 0.5) is 4.79 Å². The highest BCUT2D eigenvalue weighted by atomic mass is 28.4. The molecular weight excluding hydrogens is 318 g/mol. The fraction of sp³-hybridized carbons (Fsp3) is 0.526. The molecule has 132 valence electrons. The summed E-state index contributed by atoms with van der Waals surface area (Å²) in [4.78, 5) is 13.4. The van der Waals surface area contributed by atoms with Crippen molar-refractivity contribution >= 4 is 14.4 Å². The first-order valence-corrected chi connectivity index (χ1v) is 11.4. The molecule has 0 N–H and O–H groups in total. The van der Waals surface area contributed by atoms with Gasteiger partial charge in [-0.25, -0.2) is 4.79 Å². The first kappa shape index (κ1) is 18.7. The van der Waals surface area contributed by atoms with Gasteiger partial charge in [-0.3, -0.25) is 4.90 Å². The van der Waals surface area contributed by atoms with E-state index in [2.05, 4.69) is 32.9 Å². The Hall–Kier alpha value is -1.59. The minimum absolute atomic E-state index is 0.105. The minimum Gasteiger partial charge on any atom is -0.447 e. The summed E-state index contributed by atoms with van der Waals surface area (Å²) in [6.45, 7) is 9.81. The normalized spacial score (nSPS) is 17.1. The summed E-state index contributed by atoms with van der Waals surface area (Å²) in [5, 5.41) is 0. The SMILES string of the molecule is CC[Si](CC)(CC)OC(/C(C)=C/N1CCOC1=O)c1ccccc1. The van der Waals surface area contributed by atoms with Crippen LogP contribution in [0, 0.1) is 0 Å². The van der Waals surface area contributed by atoms with Crippen molar-refractivity contribution in [3.8, 4) is 0 Å². The number of rotatable bonds is 8. The van der Waals surface area contributed by atoms with Gasteiger partial charge in [-0.1, -0.05) is 51.1 Å². The molecule has 1 aliphatic rings. The molecule has 1 aromatic rings. The fourth-order valence-electron chi connectivity index (χ4n) is 3.14. The summed E-state index contributed by atoms with van der Waals surface area (Å²) in [5.41, 5.74) is 2.19. The van der Waals surface area contributed by atoms with E-state index in [1.807, 2.05) is 31.3 Å². The van der Waals surface area contributed by atoms with Gasteiger partial charge in [0, 0.05) is 6.20 Å². The molecule has 2 rings (SSSR count). The smallest absolute Gasteiger partial charge is 0.413 e. The number of carbonyl (C=O) groups excluding carboxylic acids is 1. The molecule has 0 aromatic heterocycles. The third-order valence-corrected chi connectivity index (χ3v) is 9.57. The van der Waals surface area contributed by atoms with Gasteiger partial charge >= 0.3 is 6.09 Å². The van der Waals surface area contributed by atoms with Crippen LogP contribution >= 0.6 is 0 Å². The summed E-state index contributed by atoms with van der Waals surface area (Å²) in [5.74, 6) is 0.